The van der Waals surface area contributed by atoms with Gasteiger partial charge in [-0.1, -0.05) is 30.3 Å². The Labute approximate surface area is 300 Å². The van der Waals surface area contributed by atoms with E-state index in [9.17, 15) is 9.59 Å². The second-order valence-electron chi connectivity index (χ2n) is 12.5. The van der Waals surface area contributed by atoms with Crippen LogP contribution in [-0.2, 0) is 16.1 Å². The molecule has 3 atom stereocenters. The van der Waals surface area contributed by atoms with E-state index >= 15 is 0 Å². The van der Waals surface area contributed by atoms with E-state index in [0.29, 0.717) is 78.1 Å². The lowest BCUT2D eigenvalue weighted by atomic mass is 10.1. The van der Waals surface area contributed by atoms with Crippen molar-refractivity contribution in [2.24, 2.45) is 0 Å². The molecule has 1 fully saturated rings. The van der Waals surface area contributed by atoms with Crippen molar-refractivity contribution in [3.05, 3.63) is 71.3 Å². The number of rotatable bonds is 9. The molecule has 3 unspecified atom stereocenters. The smallest absolute Gasteiger partial charge is 0.338 e. The molecule has 0 saturated carbocycles. The average Bonchev–Trinajstić information content (AvgIpc) is 3.40. The molecule has 0 spiro atoms. The highest BCUT2D eigenvalue weighted by atomic mass is 16.6. The van der Waals surface area contributed by atoms with E-state index in [1.54, 1.807) is 24.3 Å². The lowest BCUT2D eigenvalue weighted by molar-refractivity contribution is 0.0220. The molecule has 5 rings (SSSR count). The Morgan fingerprint density at radius 2 is 1.37 bits per heavy atom. The molecular formula is C39H50N2O10. The quantitative estimate of drug-likeness (QED) is 0.257. The highest BCUT2D eigenvalue weighted by molar-refractivity contribution is 5.92. The number of cyclic esters (lactones) is 1. The first-order valence-corrected chi connectivity index (χ1v) is 17.6. The van der Waals surface area contributed by atoms with E-state index in [1.165, 1.54) is 28.4 Å². The maximum atomic E-state index is 13.8. The molecular weight excluding hydrogens is 656 g/mol. The van der Waals surface area contributed by atoms with Gasteiger partial charge in [0, 0.05) is 26.2 Å². The molecule has 2 aliphatic heterocycles. The van der Waals surface area contributed by atoms with E-state index in [2.05, 4.69) is 9.80 Å². The topological polar surface area (TPSA) is 114 Å². The minimum absolute atomic E-state index is 0.287. The fraction of sp³-hybridized carbons (Fsp3) is 0.487. The van der Waals surface area contributed by atoms with Gasteiger partial charge in [0.25, 0.3) is 0 Å². The number of esters is 2. The lowest BCUT2D eigenvalue weighted by Gasteiger charge is -2.25. The zero-order valence-corrected chi connectivity index (χ0v) is 30.1. The van der Waals surface area contributed by atoms with Crippen LogP contribution in [0.3, 0.4) is 0 Å². The van der Waals surface area contributed by atoms with Crippen LogP contribution in [0, 0.1) is 0 Å². The van der Waals surface area contributed by atoms with E-state index in [4.69, 9.17) is 37.9 Å². The Morgan fingerprint density at radius 1 is 0.706 bits per heavy atom. The Morgan fingerprint density at radius 3 is 2.10 bits per heavy atom. The van der Waals surface area contributed by atoms with Gasteiger partial charge in [-0.25, -0.2) is 9.59 Å². The fourth-order valence-electron chi connectivity index (χ4n) is 6.35. The Bertz CT molecular complexity index is 1580. The van der Waals surface area contributed by atoms with E-state index < -0.39 is 11.9 Å². The molecule has 0 aliphatic carbocycles. The SMILES string of the molecule is COc1cc2cc(c1OC)OCCCC(OC(=O)c1cc(OC)c(OC)c(OCc3ccccc3)c1)CCN1CCCN(CCCOC2=O)CC1. The molecule has 51 heavy (non-hydrogen) atoms. The number of methoxy groups -OCH3 is 4. The van der Waals surface area contributed by atoms with Crippen LogP contribution in [-0.4, -0.2) is 109 Å². The summed E-state index contributed by atoms with van der Waals surface area (Å²) in [5.41, 5.74) is 1.59. The minimum Gasteiger partial charge on any atom is -0.493 e. The van der Waals surface area contributed by atoms with Crippen molar-refractivity contribution in [3.63, 3.8) is 0 Å². The van der Waals surface area contributed by atoms with Crippen LogP contribution < -0.4 is 28.4 Å². The van der Waals surface area contributed by atoms with Gasteiger partial charge in [0.1, 0.15) is 12.7 Å². The summed E-state index contributed by atoms with van der Waals surface area (Å²) in [7, 11) is 6.09. The predicted octanol–water partition coefficient (Wildman–Crippen LogP) is 5.64. The third-order valence-electron chi connectivity index (χ3n) is 9.10. The van der Waals surface area contributed by atoms with Gasteiger partial charge < -0.3 is 47.7 Å². The average molecular weight is 707 g/mol. The van der Waals surface area contributed by atoms with Gasteiger partial charge in [-0.2, -0.15) is 0 Å². The first kappa shape index (κ1) is 37.6. The number of hydrogen-bond donors (Lipinski definition) is 0. The number of nitrogens with zero attached hydrogens (tertiary/aromatic N) is 2. The second-order valence-corrected chi connectivity index (χ2v) is 12.5. The monoisotopic (exact) mass is 706 g/mol. The summed E-state index contributed by atoms with van der Waals surface area (Å²) < 4.78 is 46.4. The molecule has 276 valence electrons. The van der Waals surface area contributed by atoms with Crippen molar-refractivity contribution in [2.75, 3.05) is 80.9 Å². The fourth-order valence-corrected chi connectivity index (χ4v) is 6.35. The van der Waals surface area contributed by atoms with Gasteiger partial charge in [0.2, 0.25) is 11.5 Å². The highest BCUT2D eigenvalue weighted by Crippen LogP contribution is 2.40. The molecule has 2 heterocycles. The third kappa shape index (κ3) is 10.4. The largest absolute Gasteiger partial charge is 0.493 e. The zero-order chi connectivity index (χ0) is 36.0. The molecule has 4 bridgehead atoms. The summed E-state index contributed by atoms with van der Waals surface area (Å²) in [4.78, 5) is 31.6. The van der Waals surface area contributed by atoms with Crippen molar-refractivity contribution in [3.8, 4) is 34.5 Å². The summed E-state index contributed by atoms with van der Waals surface area (Å²) in [6, 6.07) is 16.2. The number of fused-ring (bicyclic) bond motifs is 5. The number of carbonyl (C=O) groups excluding carboxylic acids is 2. The van der Waals surface area contributed by atoms with Gasteiger partial charge in [0.05, 0.1) is 52.8 Å². The maximum absolute atomic E-state index is 13.8. The Balaban J connectivity index is 1.35. The highest BCUT2D eigenvalue weighted by Gasteiger charge is 2.24. The van der Waals surface area contributed by atoms with Gasteiger partial charge in [-0.05, 0) is 75.0 Å². The molecule has 12 heteroatoms. The summed E-state index contributed by atoms with van der Waals surface area (Å²) in [5.74, 6) is 1.34. The maximum Gasteiger partial charge on any atom is 0.338 e. The number of hydrogen-bond acceptors (Lipinski definition) is 12. The summed E-state index contributed by atoms with van der Waals surface area (Å²) >= 11 is 0. The van der Waals surface area contributed by atoms with E-state index in [1.807, 2.05) is 30.3 Å². The van der Waals surface area contributed by atoms with Crippen molar-refractivity contribution >= 4 is 11.9 Å². The van der Waals surface area contributed by atoms with Crippen molar-refractivity contribution < 1.29 is 47.5 Å². The molecule has 0 N–H and O–H groups in total. The summed E-state index contributed by atoms with van der Waals surface area (Å²) in [5, 5.41) is 0. The molecule has 12 nitrogen and oxygen atoms in total. The molecule has 0 aromatic heterocycles. The van der Waals surface area contributed by atoms with Crippen LogP contribution in [0.2, 0.25) is 0 Å². The predicted molar refractivity (Wildman–Crippen MR) is 191 cm³/mol. The van der Waals surface area contributed by atoms with Gasteiger partial charge >= 0.3 is 11.9 Å². The molecule has 1 saturated heterocycles. The van der Waals surface area contributed by atoms with Crippen molar-refractivity contribution in [1.29, 1.82) is 0 Å². The van der Waals surface area contributed by atoms with Crippen LogP contribution in [0.1, 0.15) is 58.4 Å². The van der Waals surface area contributed by atoms with Crippen LogP contribution in [0.4, 0.5) is 0 Å². The summed E-state index contributed by atoms with van der Waals surface area (Å²) in [6.07, 6.45) is 3.16. The van der Waals surface area contributed by atoms with E-state index in [-0.39, 0.29) is 12.7 Å². The lowest BCUT2D eigenvalue weighted by Crippen LogP contribution is -2.34. The standard InChI is InChI=1S/C39H50N2O10/c1-44-32-23-29-25-34(36(32)46-3)48-21-8-13-31(14-18-41-16-9-15-40(19-20-41)17-10-22-49-38(29)42)51-39(43)30-24-33(45-2)37(47-4)35(26-30)50-27-28-11-6-5-7-12-28/h5-7,11-12,23-26,31H,8-10,13-22,27H2,1-4H3. The molecule has 3 aromatic rings. The third-order valence-corrected chi connectivity index (χ3v) is 9.10. The first-order chi connectivity index (χ1) is 24.9. The molecule has 3 aromatic carbocycles. The van der Waals surface area contributed by atoms with Crippen molar-refractivity contribution in [2.45, 2.75) is 44.8 Å². The number of carbonyl (C=O) groups is 2. The van der Waals surface area contributed by atoms with Crippen LogP contribution in [0.15, 0.2) is 54.6 Å². The van der Waals surface area contributed by atoms with E-state index in [0.717, 1.165) is 57.7 Å². The summed E-state index contributed by atoms with van der Waals surface area (Å²) in [6.45, 7) is 6.29. The second kappa shape index (κ2) is 19.1. The first-order valence-electron chi connectivity index (χ1n) is 17.6. The molecule has 0 radical (unpaired) electrons. The van der Waals surface area contributed by atoms with Crippen molar-refractivity contribution in [1.82, 2.24) is 9.80 Å². The molecule has 0 amide bonds. The number of ether oxygens (including phenoxy) is 8. The van der Waals surface area contributed by atoms with Gasteiger partial charge in [-0.15, -0.1) is 0 Å². The van der Waals surface area contributed by atoms with Crippen LogP contribution in [0.25, 0.3) is 0 Å². The Hall–Kier alpha value is -4.68. The Kier molecular flexibility index (Phi) is 14.1. The van der Waals surface area contributed by atoms with Gasteiger partial charge in [0.15, 0.2) is 23.0 Å². The van der Waals surface area contributed by atoms with Gasteiger partial charge in [-0.3, -0.25) is 0 Å². The zero-order valence-electron chi connectivity index (χ0n) is 30.1. The minimum atomic E-state index is -0.482. The molecule has 2 aliphatic rings. The normalized spacial score (nSPS) is 20.2. The number of benzene rings is 3. The van der Waals surface area contributed by atoms with Crippen LogP contribution >= 0.6 is 0 Å². The van der Waals surface area contributed by atoms with Crippen LogP contribution in [0.5, 0.6) is 34.5 Å².